The number of benzene rings is 2. The third kappa shape index (κ3) is 3.94. The maximum absolute atomic E-state index is 7.99. The lowest BCUT2D eigenvalue weighted by Crippen LogP contribution is -2.17. The van der Waals surface area contributed by atoms with Crippen LogP contribution in [0.5, 0.6) is 11.5 Å². The van der Waals surface area contributed by atoms with E-state index in [4.69, 9.17) is 21.6 Å². The Hall–Kier alpha value is -3.34. The van der Waals surface area contributed by atoms with Gasteiger partial charge in [0.1, 0.15) is 23.2 Å². The highest BCUT2D eigenvalue weighted by Crippen LogP contribution is 2.37. The highest BCUT2D eigenvalue weighted by atomic mass is 16.5. The third-order valence-electron chi connectivity index (χ3n) is 5.60. The van der Waals surface area contributed by atoms with E-state index in [2.05, 4.69) is 11.1 Å². The summed E-state index contributed by atoms with van der Waals surface area (Å²) in [5, 5.41) is 7.99. The van der Waals surface area contributed by atoms with E-state index in [1.165, 1.54) is 12.8 Å². The van der Waals surface area contributed by atoms with Crippen molar-refractivity contribution >= 4 is 11.7 Å². The van der Waals surface area contributed by atoms with E-state index in [9.17, 15) is 0 Å². The van der Waals surface area contributed by atoms with E-state index >= 15 is 0 Å². The van der Waals surface area contributed by atoms with E-state index in [-0.39, 0.29) is 5.84 Å². The Morgan fingerprint density at radius 2 is 1.76 bits per heavy atom. The summed E-state index contributed by atoms with van der Waals surface area (Å²) in [5.41, 5.74) is 16.4. The van der Waals surface area contributed by atoms with Gasteiger partial charge in [-0.05, 0) is 60.7 Å². The number of anilines is 1. The van der Waals surface area contributed by atoms with Gasteiger partial charge in [-0.1, -0.05) is 43.2 Å². The van der Waals surface area contributed by atoms with Crippen molar-refractivity contribution in [2.24, 2.45) is 5.73 Å². The van der Waals surface area contributed by atoms with Crippen molar-refractivity contribution in [3.05, 3.63) is 71.4 Å². The van der Waals surface area contributed by atoms with Gasteiger partial charge in [0.15, 0.2) is 0 Å². The number of nitrogens with zero attached hydrogens (tertiary/aromatic N) is 1. The first-order chi connectivity index (χ1) is 14.0. The number of nitrogens with two attached hydrogens (primary N) is 2. The molecular weight excluding hydrogens is 360 g/mol. The van der Waals surface area contributed by atoms with Gasteiger partial charge in [0, 0.05) is 11.6 Å². The number of hydrogen-bond donors (Lipinski definition) is 3. The fraction of sp³-hybridized carbons (Fsp3) is 0.250. The van der Waals surface area contributed by atoms with E-state index in [0.717, 1.165) is 46.7 Å². The Morgan fingerprint density at radius 3 is 2.41 bits per heavy atom. The van der Waals surface area contributed by atoms with Gasteiger partial charge in [-0.25, -0.2) is 4.98 Å². The lowest BCUT2D eigenvalue weighted by Gasteiger charge is -2.17. The molecule has 0 aliphatic heterocycles. The Bertz CT molecular complexity index is 1040. The summed E-state index contributed by atoms with van der Waals surface area (Å²) in [6.07, 6.45) is 4.71. The zero-order valence-corrected chi connectivity index (χ0v) is 16.6. The SMILES string of the molecule is Cc1ccccc1Oc1ccc(-c2cc(C3CCCC3)nc(N)c2C(=N)N)cc1. The first-order valence-electron chi connectivity index (χ1n) is 10.0. The van der Waals surface area contributed by atoms with Crippen LogP contribution in [-0.4, -0.2) is 10.8 Å². The lowest BCUT2D eigenvalue weighted by molar-refractivity contribution is 0.479. The van der Waals surface area contributed by atoms with Crippen molar-refractivity contribution in [3.63, 3.8) is 0 Å². The Labute approximate surface area is 171 Å². The van der Waals surface area contributed by atoms with Gasteiger partial charge < -0.3 is 16.2 Å². The predicted octanol–water partition coefficient (Wildman–Crippen LogP) is 5.37. The molecule has 0 bridgehead atoms. The van der Waals surface area contributed by atoms with Crippen LogP contribution in [0, 0.1) is 12.3 Å². The molecule has 0 atom stereocenters. The topological polar surface area (TPSA) is 98.0 Å². The Kier molecular flexibility index (Phi) is 5.21. The summed E-state index contributed by atoms with van der Waals surface area (Å²) in [6.45, 7) is 2.02. The number of hydrogen-bond acceptors (Lipinski definition) is 4. The zero-order valence-electron chi connectivity index (χ0n) is 16.6. The molecule has 5 heteroatoms. The molecule has 0 spiro atoms. The van der Waals surface area contributed by atoms with Crippen LogP contribution >= 0.6 is 0 Å². The van der Waals surface area contributed by atoms with Gasteiger partial charge in [-0.2, -0.15) is 0 Å². The van der Waals surface area contributed by atoms with Crippen LogP contribution in [0.15, 0.2) is 54.6 Å². The maximum atomic E-state index is 7.99. The molecule has 1 aliphatic carbocycles. The summed E-state index contributed by atoms with van der Waals surface area (Å²) >= 11 is 0. The van der Waals surface area contributed by atoms with E-state index in [0.29, 0.717) is 17.3 Å². The number of pyridine rings is 1. The van der Waals surface area contributed by atoms with Crippen molar-refractivity contribution in [1.82, 2.24) is 4.98 Å². The Balaban J connectivity index is 1.69. The molecule has 0 amide bonds. The molecule has 0 saturated heterocycles. The van der Waals surface area contributed by atoms with Gasteiger partial charge >= 0.3 is 0 Å². The van der Waals surface area contributed by atoms with Crippen LogP contribution in [0.3, 0.4) is 0 Å². The standard InChI is InChI=1S/C24H26N4O/c1-15-6-2-5-9-21(15)29-18-12-10-16(11-13-18)19-14-20(17-7-3-4-8-17)28-24(27)22(19)23(25)26/h2,5-6,9-14,17H,3-4,7-8H2,1H3,(H3,25,26)(H2,27,28). The Morgan fingerprint density at radius 1 is 1.07 bits per heavy atom. The molecule has 1 heterocycles. The lowest BCUT2D eigenvalue weighted by atomic mass is 9.94. The van der Waals surface area contributed by atoms with Gasteiger partial charge in [0.05, 0.1) is 5.56 Å². The third-order valence-corrected chi connectivity index (χ3v) is 5.60. The summed E-state index contributed by atoms with van der Waals surface area (Å²) in [5.74, 6) is 2.29. The van der Waals surface area contributed by atoms with Crippen LogP contribution < -0.4 is 16.2 Å². The highest BCUT2D eigenvalue weighted by Gasteiger charge is 2.22. The molecule has 5 nitrogen and oxygen atoms in total. The molecule has 0 radical (unpaired) electrons. The minimum atomic E-state index is -0.0665. The summed E-state index contributed by atoms with van der Waals surface area (Å²) in [4.78, 5) is 4.58. The number of nitrogen functional groups attached to an aromatic ring is 2. The van der Waals surface area contributed by atoms with Crippen molar-refractivity contribution in [3.8, 4) is 22.6 Å². The quantitative estimate of drug-likeness (QED) is 0.405. The monoisotopic (exact) mass is 386 g/mol. The van der Waals surface area contributed by atoms with Gasteiger partial charge in [-0.3, -0.25) is 5.41 Å². The van der Waals surface area contributed by atoms with Crippen LogP contribution in [0.1, 0.15) is 48.4 Å². The van der Waals surface area contributed by atoms with Crippen LogP contribution in [0.4, 0.5) is 5.82 Å². The molecule has 148 valence electrons. The average Bonchev–Trinajstić information content (AvgIpc) is 3.24. The molecule has 2 aromatic carbocycles. The maximum Gasteiger partial charge on any atom is 0.135 e. The number of aryl methyl sites for hydroxylation is 1. The normalized spacial score (nSPS) is 14.1. The predicted molar refractivity (Wildman–Crippen MR) is 118 cm³/mol. The number of aromatic nitrogens is 1. The van der Waals surface area contributed by atoms with E-state index < -0.39 is 0 Å². The molecule has 3 aromatic rings. The second-order valence-electron chi connectivity index (χ2n) is 7.64. The minimum absolute atomic E-state index is 0.0665. The molecule has 1 saturated carbocycles. The van der Waals surface area contributed by atoms with Crippen molar-refractivity contribution in [2.75, 3.05) is 5.73 Å². The van der Waals surface area contributed by atoms with Crippen LogP contribution in [0.25, 0.3) is 11.1 Å². The number of ether oxygens (including phenoxy) is 1. The highest BCUT2D eigenvalue weighted by molar-refractivity contribution is 6.05. The van der Waals surface area contributed by atoms with Crippen LogP contribution in [0.2, 0.25) is 0 Å². The number of rotatable bonds is 5. The fourth-order valence-corrected chi connectivity index (χ4v) is 4.03. The summed E-state index contributed by atoms with van der Waals surface area (Å²) in [7, 11) is 0. The zero-order chi connectivity index (χ0) is 20.4. The van der Waals surface area contributed by atoms with Gasteiger partial charge in [0.2, 0.25) is 0 Å². The average molecular weight is 386 g/mol. The summed E-state index contributed by atoms with van der Waals surface area (Å²) in [6, 6.07) is 17.8. The summed E-state index contributed by atoms with van der Waals surface area (Å²) < 4.78 is 6.00. The first kappa shape index (κ1) is 19.0. The number of nitrogens with one attached hydrogen (secondary N) is 1. The second kappa shape index (κ2) is 7.95. The fourth-order valence-electron chi connectivity index (χ4n) is 4.03. The van der Waals surface area contributed by atoms with Crippen molar-refractivity contribution < 1.29 is 4.74 Å². The molecule has 4 rings (SSSR count). The van der Waals surface area contributed by atoms with E-state index in [1.54, 1.807) is 0 Å². The molecule has 0 unspecified atom stereocenters. The molecule has 5 N–H and O–H groups in total. The molecule has 1 aliphatic rings. The second-order valence-corrected chi connectivity index (χ2v) is 7.64. The van der Waals surface area contributed by atoms with E-state index in [1.807, 2.05) is 55.5 Å². The smallest absolute Gasteiger partial charge is 0.135 e. The minimum Gasteiger partial charge on any atom is -0.457 e. The van der Waals surface area contributed by atoms with Crippen LogP contribution in [-0.2, 0) is 0 Å². The molecule has 29 heavy (non-hydrogen) atoms. The molecular formula is C24H26N4O. The first-order valence-corrected chi connectivity index (χ1v) is 10.0. The van der Waals surface area contributed by atoms with Gasteiger partial charge in [-0.15, -0.1) is 0 Å². The largest absolute Gasteiger partial charge is 0.457 e. The number of amidine groups is 1. The van der Waals surface area contributed by atoms with Crippen molar-refractivity contribution in [2.45, 2.75) is 38.5 Å². The molecule has 1 aromatic heterocycles. The molecule has 1 fully saturated rings. The van der Waals surface area contributed by atoms with Gasteiger partial charge in [0.25, 0.3) is 0 Å². The number of para-hydroxylation sites is 1. The van der Waals surface area contributed by atoms with Crippen molar-refractivity contribution in [1.29, 1.82) is 5.41 Å².